The molecule has 0 atom stereocenters. The van der Waals surface area contributed by atoms with Crippen LogP contribution in [0.3, 0.4) is 0 Å². The molecule has 0 radical (unpaired) electrons. The van der Waals surface area contributed by atoms with Gasteiger partial charge in [-0.25, -0.2) is 0 Å². The van der Waals surface area contributed by atoms with Gasteiger partial charge in [0, 0.05) is 25.7 Å². The summed E-state index contributed by atoms with van der Waals surface area (Å²) in [5.41, 5.74) is 8.99. The number of rotatable bonds is 4. The highest BCUT2D eigenvalue weighted by Crippen LogP contribution is 2.42. The van der Waals surface area contributed by atoms with Crippen LogP contribution in [0.1, 0.15) is 62.5 Å². The van der Waals surface area contributed by atoms with Gasteiger partial charge >= 0.3 is 0 Å². The lowest BCUT2D eigenvalue weighted by molar-refractivity contribution is 0.0615. The molecular formula is C22H38Cl3N3. The van der Waals surface area contributed by atoms with E-state index < -0.39 is 0 Å². The van der Waals surface area contributed by atoms with Crippen molar-refractivity contribution in [2.75, 3.05) is 26.2 Å². The largest absolute Gasteiger partial charge is 0.326 e. The summed E-state index contributed by atoms with van der Waals surface area (Å²) < 4.78 is 0. The predicted molar refractivity (Wildman–Crippen MR) is 126 cm³/mol. The van der Waals surface area contributed by atoms with Gasteiger partial charge < -0.3 is 10.6 Å². The molecule has 1 aromatic carbocycles. The van der Waals surface area contributed by atoms with Crippen LogP contribution in [0.25, 0.3) is 0 Å². The van der Waals surface area contributed by atoms with Crippen molar-refractivity contribution < 1.29 is 0 Å². The topological polar surface area (TPSA) is 32.5 Å². The van der Waals surface area contributed by atoms with Crippen molar-refractivity contribution in [2.45, 2.75) is 70.5 Å². The fraction of sp³-hybridized carbons (Fsp3) is 0.727. The van der Waals surface area contributed by atoms with Crippen LogP contribution in [0.2, 0.25) is 0 Å². The smallest absolute Gasteiger partial charge is 0.0233 e. The Kier molecular flexibility index (Phi) is 11.1. The van der Waals surface area contributed by atoms with E-state index in [4.69, 9.17) is 5.73 Å². The van der Waals surface area contributed by atoms with E-state index in [2.05, 4.69) is 34.1 Å². The van der Waals surface area contributed by atoms with Crippen molar-refractivity contribution >= 4 is 37.2 Å². The lowest BCUT2D eigenvalue weighted by Gasteiger charge is -2.43. The molecule has 1 aromatic rings. The van der Waals surface area contributed by atoms with Crippen LogP contribution in [0, 0.1) is 5.41 Å². The Bertz CT molecular complexity index is 553. The van der Waals surface area contributed by atoms with Crippen LogP contribution < -0.4 is 5.73 Å². The van der Waals surface area contributed by atoms with Gasteiger partial charge in [0.25, 0.3) is 0 Å². The summed E-state index contributed by atoms with van der Waals surface area (Å²) in [7, 11) is 0. The highest BCUT2D eigenvalue weighted by molar-refractivity contribution is 5.86. The molecular weight excluding hydrogens is 413 g/mol. The molecule has 3 fully saturated rings. The second-order valence-electron chi connectivity index (χ2n) is 8.81. The molecule has 3 nitrogen and oxygen atoms in total. The number of benzene rings is 1. The van der Waals surface area contributed by atoms with Gasteiger partial charge in [-0.15, -0.1) is 37.2 Å². The summed E-state index contributed by atoms with van der Waals surface area (Å²) in [5, 5.41) is 0. The normalized spacial score (nSPS) is 22.9. The number of nitrogens with zero attached hydrogens (tertiary/aromatic N) is 2. The fourth-order valence-electron chi connectivity index (χ4n) is 5.42. The molecule has 2 heterocycles. The summed E-state index contributed by atoms with van der Waals surface area (Å²) in [4.78, 5) is 5.52. The first-order valence-corrected chi connectivity index (χ1v) is 10.5. The zero-order chi connectivity index (χ0) is 17.1. The summed E-state index contributed by atoms with van der Waals surface area (Å²) in [5.74, 6) is 0. The lowest BCUT2D eigenvalue weighted by atomic mass is 9.77. The fourth-order valence-corrected chi connectivity index (χ4v) is 5.42. The van der Waals surface area contributed by atoms with E-state index >= 15 is 0 Å². The number of nitrogens with two attached hydrogens (primary N) is 1. The van der Waals surface area contributed by atoms with Crippen LogP contribution in [0.5, 0.6) is 0 Å². The molecule has 1 spiro atoms. The van der Waals surface area contributed by atoms with Gasteiger partial charge in [0.2, 0.25) is 0 Å². The average molecular weight is 451 g/mol. The number of likely N-dealkylation sites (tertiary alicyclic amines) is 2. The minimum Gasteiger partial charge on any atom is -0.326 e. The minimum absolute atomic E-state index is 0. The predicted octanol–water partition coefficient (Wildman–Crippen LogP) is 5.03. The molecule has 0 bridgehead atoms. The molecule has 28 heavy (non-hydrogen) atoms. The molecule has 6 heteroatoms. The Balaban J connectivity index is 0.00000131. The maximum atomic E-state index is 5.71. The maximum Gasteiger partial charge on any atom is 0.0233 e. The standard InChI is InChI=1S/C22H35N3.3ClH/c23-16-19-6-8-20(9-7-19)17-24-13-10-22(18-24)11-14-25(15-12-22)21-4-2-1-3-5-21;;;/h6-9,21H,1-5,10-18,23H2;3*1H. The first kappa shape index (κ1) is 26.0. The second-order valence-corrected chi connectivity index (χ2v) is 8.81. The molecule has 0 aromatic heterocycles. The van der Waals surface area contributed by atoms with Gasteiger partial charge in [0.15, 0.2) is 0 Å². The monoisotopic (exact) mass is 449 g/mol. The Hall–Kier alpha value is -0.0300. The Morgan fingerprint density at radius 3 is 2.00 bits per heavy atom. The number of hydrogen-bond acceptors (Lipinski definition) is 3. The molecule has 4 rings (SSSR count). The van der Waals surface area contributed by atoms with Gasteiger partial charge in [-0.1, -0.05) is 43.5 Å². The first-order valence-electron chi connectivity index (χ1n) is 10.5. The zero-order valence-corrected chi connectivity index (χ0v) is 19.4. The van der Waals surface area contributed by atoms with E-state index in [0.29, 0.717) is 12.0 Å². The van der Waals surface area contributed by atoms with E-state index in [-0.39, 0.29) is 37.2 Å². The Morgan fingerprint density at radius 2 is 1.39 bits per heavy atom. The quantitative estimate of drug-likeness (QED) is 0.698. The number of piperidine rings is 1. The molecule has 1 aliphatic carbocycles. The van der Waals surface area contributed by atoms with Crippen LogP contribution in [-0.2, 0) is 13.1 Å². The average Bonchev–Trinajstić information content (AvgIpc) is 3.06. The maximum absolute atomic E-state index is 5.71. The molecule has 0 unspecified atom stereocenters. The van der Waals surface area contributed by atoms with Crippen molar-refractivity contribution in [1.82, 2.24) is 9.80 Å². The molecule has 3 aliphatic rings. The van der Waals surface area contributed by atoms with Gasteiger partial charge in [-0.3, -0.25) is 4.90 Å². The lowest BCUT2D eigenvalue weighted by Crippen LogP contribution is -2.46. The highest BCUT2D eigenvalue weighted by Gasteiger charge is 2.41. The summed E-state index contributed by atoms with van der Waals surface area (Å²) >= 11 is 0. The van der Waals surface area contributed by atoms with Gasteiger partial charge in [0.05, 0.1) is 0 Å². The summed E-state index contributed by atoms with van der Waals surface area (Å²) in [6.07, 6.45) is 11.6. The van der Waals surface area contributed by atoms with Crippen LogP contribution >= 0.6 is 37.2 Å². The Morgan fingerprint density at radius 1 is 0.821 bits per heavy atom. The molecule has 2 aliphatic heterocycles. The van der Waals surface area contributed by atoms with Crippen molar-refractivity contribution in [3.63, 3.8) is 0 Å². The van der Waals surface area contributed by atoms with Gasteiger partial charge in [-0.2, -0.15) is 0 Å². The van der Waals surface area contributed by atoms with Gasteiger partial charge in [0.1, 0.15) is 0 Å². The van der Waals surface area contributed by atoms with E-state index in [9.17, 15) is 0 Å². The zero-order valence-electron chi connectivity index (χ0n) is 17.0. The van der Waals surface area contributed by atoms with E-state index in [1.807, 2.05) is 0 Å². The van der Waals surface area contributed by atoms with Crippen LogP contribution in [0.15, 0.2) is 24.3 Å². The molecule has 2 saturated heterocycles. The SMILES string of the molecule is Cl.Cl.Cl.NCc1ccc(CN2CCC3(CCN(C4CCCCC4)CC3)C2)cc1. The third kappa shape index (κ3) is 6.23. The highest BCUT2D eigenvalue weighted by atomic mass is 35.5. The number of hydrogen-bond donors (Lipinski definition) is 1. The third-order valence-corrected chi connectivity index (χ3v) is 7.13. The summed E-state index contributed by atoms with van der Waals surface area (Å²) in [6, 6.07) is 9.80. The van der Waals surface area contributed by atoms with Crippen molar-refractivity contribution in [1.29, 1.82) is 0 Å². The van der Waals surface area contributed by atoms with Crippen LogP contribution in [-0.4, -0.2) is 42.0 Å². The second kappa shape index (κ2) is 12.0. The van der Waals surface area contributed by atoms with Crippen molar-refractivity contribution in [3.8, 4) is 0 Å². The Labute approximate surface area is 190 Å². The molecule has 0 amide bonds. The molecule has 162 valence electrons. The third-order valence-electron chi connectivity index (χ3n) is 7.13. The van der Waals surface area contributed by atoms with Crippen molar-refractivity contribution in [2.24, 2.45) is 11.1 Å². The minimum atomic E-state index is 0. The van der Waals surface area contributed by atoms with E-state index in [1.54, 1.807) is 0 Å². The molecule has 1 saturated carbocycles. The van der Waals surface area contributed by atoms with Crippen LogP contribution in [0.4, 0.5) is 0 Å². The van der Waals surface area contributed by atoms with E-state index in [1.165, 1.54) is 88.7 Å². The summed E-state index contributed by atoms with van der Waals surface area (Å²) in [6.45, 7) is 7.04. The van der Waals surface area contributed by atoms with E-state index in [0.717, 1.165) is 12.6 Å². The number of halogens is 3. The van der Waals surface area contributed by atoms with Crippen molar-refractivity contribution in [3.05, 3.63) is 35.4 Å². The first-order chi connectivity index (χ1) is 12.3. The molecule has 2 N–H and O–H groups in total. The van der Waals surface area contributed by atoms with Gasteiger partial charge in [-0.05, 0) is 68.3 Å².